The average Bonchev–Trinajstić information content (AvgIpc) is 3.19. The van der Waals surface area contributed by atoms with E-state index in [2.05, 4.69) is 9.97 Å². The van der Waals surface area contributed by atoms with E-state index in [-0.39, 0.29) is 23.8 Å². The number of thiazole rings is 1. The number of nitrogens with zero attached hydrogens (tertiary/aromatic N) is 3. The maximum absolute atomic E-state index is 13.0. The Hall–Kier alpha value is -3.65. The zero-order valence-electron chi connectivity index (χ0n) is 17.3. The summed E-state index contributed by atoms with van der Waals surface area (Å²) in [7, 11) is 0. The van der Waals surface area contributed by atoms with Gasteiger partial charge in [0.2, 0.25) is 0 Å². The van der Waals surface area contributed by atoms with Crippen LogP contribution < -0.4 is 10.3 Å². The van der Waals surface area contributed by atoms with Crippen LogP contribution in [0.3, 0.4) is 0 Å². The molecular weight excluding hydrogens is 429 g/mol. The van der Waals surface area contributed by atoms with Gasteiger partial charge in [0.25, 0.3) is 5.56 Å². The summed E-state index contributed by atoms with van der Waals surface area (Å²) in [5, 5.41) is 0.433. The van der Waals surface area contributed by atoms with Crippen LogP contribution >= 0.6 is 11.3 Å². The van der Waals surface area contributed by atoms with Crippen molar-refractivity contribution < 1.29 is 13.9 Å². The second kappa shape index (κ2) is 9.65. The molecule has 0 atom stereocenters. The summed E-state index contributed by atoms with van der Waals surface area (Å²) in [6.45, 7) is 1.98. The van der Waals surface area contributed by atoms with Gasteiger partial charge in [-0.1, -0.05) is 29.5 Å². The molecule has 0 radical (unpaired) electrons. The fourth-order valence-corrected chi connectivity index (χ4v) is 4.14. The van der Waals surface area contributed by atoms with E-state index >= 15 is 0 Å². The van der Waals surface area contributed by atoms with Gasteiger partial charge in [0, 0.05) is 31.1 Å². The Morgan fingerprint density at radius 2 is 1.97 bits per heavy atom. The van der Waals surface area contributed by atoms with Crippen LogP contribution in [0.4, 0.5) is 4.39 Å². The first-order valence-electron chi connectivity index (χ1n) is 9.99. The first-order valence-corrected chi connectivity index (χ1v) is 10.8. The number of hydrogen-bond acceptors (Lipinski definition) is 6. The third-order valence-electron chi connectivity index (χ3n) is 4.82. The van der Waals surface area contributed by atoms with Gasteiger partial charge in [0.05, 0.1) is 10.6 Å². The number of aryl methyl sites for hydroxylation is 2. The van der Waals surface area contributed by atoms with Gasteiger partial charge >= 0.3 is 0 Å². The monoisotopic (exact) mass is 449 g/mol. The minimum atomic E-state index is -0.315. The lowest BCUT2D eigenvalue weighted by Crippen LogP contribution is -2.16. The number of Topliss-reactive ketones (excluding diaryl/α,β-unsaturated/α-hetero) is 1. The van der Waals surface area contributed by atoms with Crippen LogP contribution in [0.25, 0.3) is 5.13 Å². The lowest BCUT2D eigenvalue weighted by molar-refractivity contribution is 0.0986. The summed E-state index contributed by atoms with van der Waals surface area (Å²) in [5.41, 5.74) is 2.07. The molecule has 32 heavy (non-hydrogen) atoms. The zero-order chi connectivity index (χ0) is 22.5. The van der Waals surface area contributed by atoms with Crippen molar-refractivity contribution in [1.82, 2.24) is 14.5 Å². The third kappa shape index (κ3) is 5.15. The molecule has 0 aliphatic heterocycles. The lowest BCUT2D eigenvalue weighted by Gasteiger charge is -2.07. The summed E-state index contributed by atoms with van der Waals surface area (Å²) in [5.74, 6) is 0.0732. The minimum Gasteiger partial charge on any atom is -0.489 e. The predicted molar refractivity (Wildman–Crippen MR) is 120 cm³/mol. The van der Waals surface area contributed by atoms with E-state index < -0.39 is 0 Å². The SMILES string of the molecule is Cc1nc(-n2ccc(OCc3ccc(F)cc3)cc2=O)sc1C(=O)CCc1cccnc1. The zero-order valence-corrected chi connectivity index (χ0v) is 18.1. The highest BCUT2D eigenvalue weighted by Crippen LogP contribution is 2.23. The molecule has 3 aromatic heterocycles. The van der Waals surface area contributed by atoms with E-state index in [0.29, 0.717) is 34.3 Å². The molecule has 0 saturated carbocycles. The highest BCUT2D eigenvalue weighted by atomic mass is 32.1. The minimum absolute atomic E-state index is 0.0117. The van der Waals surface area contributed by atoms with Gasteiger partial charge in [-0.25, -0.2) is 9.37 Å². The number of ketones is 1. The van der Waals surface area contributed by atoms with E-state index in [1.54, 1.807) is 43.7 Å². The largest absolute Gasteiger partial charge is 0.489 e. The number of carbonyl (C=O) groups is 1. The molecule has 4 rings (SSSR count). The van der Waals surface area contributed by atoms with Crippen molar-refractivity contribution in [2.24, 2.45) is 0 Å². The summed E-state index contributed by atoms with van der Waals surface area (Å²) < 4.78 is 20.0. The second-order valence-corrected chi connectivity index (χ2v) is 8.16. The molecule has 4 aromatic rings. The number of benzene rings is 1. The summed E-state index contributed by atoms with van der Waals surface area (Å²) in [6.07, 6.45) is 5.96. The van der Waals surface area contributed by atoms with E-state index in [4.69, 9.17) is 4.74 Å². The first-order chi connectivity index (χ1) is 15.5. The molecular formula is C24H20FN3O3S. The van der Waals surface area contributed by atoms with Crippen molar-refractivity contribution >= 4 is 17.1 Å². The molecule has 162 valence electrons. The second-order valence-electron chi connectivity index (χ2n) is 7.18. The van der Waals surface area contributed by atoms with Crippen LogP contribution in [-0.2, 0) is 13.0 Å². The summed E-state index contributed by atoms with van der Waals surface area (Å²) >= 11 is 1.20. The Morgan fingerprint density at radius 1 is 1.16 bits per heavy atom. The number of carbonyl (C=O) groups excluding carboxylic acids is 1. The van der Waals surface area contributed by atoms with Gasteiger partial charge in [0.15, 0.2) is 10.9 Å². The van der Waals surface area contributed by atoms with Gasteiger partial charge in [-0.05, 0) is 48.7 Å². The molecule has 0 amide bonds. The Labute approximate surface area is 188 Å². The van der Waals surface area contributed by atoms with Crippen LogP contribution in [0.1, 0.15) is 32.9 Å². The normalized spacial score (nSPS) is 10.8. The molecule has 0 spiro atoms. The number of halogens is 1. The van der Waals surface area contributed by atoms with Crippen molar-refractivity contribution in [3.8, 4) is 10.9 Å². The van der Waals surface area contributed by atoms with Gasteiger partial charge in [-0.3, -0.25) is 19.1 Å². The molecule has 0 aliphatic rings. The van der Waals surface area contributed by atoms with E-state index in [1.807, 2.05) is 12.1 Å². The Morgan fingerprint density at radius 3 is 2.69 bits per heavy atom. The molecule has 0 saturated heterocycles. The summed E-state index contributed by atoms with van der Waals surface area (Å²) in [4.78, 5) is 34.3. The molecule has 0 aliphatic carbocycles. The third-order valence-corrected chi connectivity index (χ3v) is 6.02. The number of hydrogen-bond donors (Lipinski definition) is 0. The van der Waals surface area contributed by atoms with Gasteiger partial charge in [0.1, 0.15) is 18.2 Å². The maximum atomic E-state index is 13.0. The molecule has 3 heterocycles. The maximum Gasteiger partial charge on any atom is 0.260 e. The van der Waals surface area contributed by atoms with E-state index in [1.165, 1.54) is 34.1 Å². The molecule has 0 unspecified atom stereocenters. The summed E-state index contributed by atoms with van der Waals surface area (Å²) in [6, 6.07) is 12.8. The molecule has 0 N–H and O–H groups in total. The molecule has 8 heteroatoms. The van der Waals surface area contributed by atoms with E-state index in [9.17, 15) is 14.0 Å². The standard InChI is InChI=1S/C24H20FN3O3S/c1-16-23(21(29)9-6-17-3-2-11-26-14-17)32-24(27-16)28-12-10-20(13-22(28)30)31-15-18-4-7-19(25)8-5-18/h2-5,7-8,10-14H,6,9,15H2,1H3. The van der Waals surface area contributed by atoms with Crippen LogP contribution in [0.15, 0.2) is 71.9 Å². The Balaban J connectivity index is 1.44. The number of rotatable bonds is 8. The molecule has 6 nitrogen and oxygen atoms in total. The van der Waals surface area contributed by atoms with Gasteiger partial charge < -0.3 is 4.74 Å². The Kier molecular flexibility index (Phi) is 6.51. The number of aromatic nitrogens is 3. The quantitative estimate of drug-likeness (QED) is 0.370. The van der Waals surface area contributed by atoms with Crippen LogP contribution in [0.2, 0.25) is 0 Å². The van der Waals surface area contributed by atoms with Crippen molar-refractivity contribution in [2.75, 3.05) is 0 Å². The highest BCUT2D eigenvalue weighted by Gasteiger charge is 2.17. The fourth-order valence-electron chi connectivity index (χ4n) is 3.12. The van der Waals surface area contributed by atoms with E-state index in [0.717, 1.165) is 11.1 Å². The van der Waals surface area contributed by atoms with Crippen LogP contribution in [0.5, 0.6) is 5.75 Å². The molecule has 0 fully saturated rings. The Bertz CT molecular complexity index is 1280. The molecule has 1 aromatic carbocycles. The number of ether oxygens (including phenoxy) is 1. The van der Waals surface area contributed by atoms with Crippen LogP contribution in [0, 0.1) is 12.7 Å². The number of pyridine rings is 2. The van der Waals surface area contributed by atoms with Gasteiger partial charge in [-0.2, -0.15) is 0 Å². The molecule has 0 bridgehead atoms. The smallest absolute Gasteiger partial charge is 0.260 e. The van der Waals surface area contributed by atoms with Crippen LogP contribution in [-0.4, -0.2) is 20.3 Å². The topological polar surface area (TPSA) is 74.1 Å². The fraction of sp³-hybridized carbons (Fsp3) is 0.167. The first kappa shape index (κ1) is 21.6. The predicted octanol–water partition coefficient (Wildman–Crippen LogP) is 4.53. The van der Waals surface area contributed by atoms with Crippen molar-refractivity contribution in [3.63, 3.8) is 0 Å². The van der Waals surface area contributed by atoms with Crippen molar-refractivity contribution in [1.29, 1.82) is 0 Å². The lowest BCUT2D eigenvalue weighted by atomic mass is 10.1. The van der Waals surface area contributed by atoms with Crippen molar-refractivity contribution in [3.05, 3.63) is 105 Å². The highest BCUT2D eigenvalue weighted by molar-refractivity contribution is 7.16. The average molecular weight is 450 g/mol. The van der Waals surface area contributed by atoms with Gasteiger partial charge in [-0.15, -0.1) is 0 Å². The van der Waals surface area contributed by atoms with Crippen molar-refractivity contribution in [2.45, 2.75) is 26.4 Å².